The number of allylic oxidation sites excluding steroid dienone is 4. The van der Waals surface area contributed by atoms with Crippen LogP contribution in [0.3, 0.4) is 0 Å². The minimum absolute atomic E-state index is 0.0543. The maximum atomic E-state index is 12.6. The highest BCUT2D eigenvalue weighted by Crippen LogP contribution is 2.55. The maximum Gasteiger partial charge on any atom is 0.248 e. The number of carbonyl (C=O) groups is 1. The number of amides is 1. The summed E-state index contributed by atoms with van der Waals surface area (Å²) in [4.78, 5) is 14.5. The molecule has 2 saturated carbocycles. The summed E-state index contributed by atoms with van der Waals surface area (Å²) < 4.78 is 6.13. The monoisotopic (exact) mass is 455 g/mol. The first-order chi connectivity index (χ1) is 15.8. The molecule has 4 rings (SSSR count). The highest BCUT2D eigenvalue weighted by atomic mass is 16.5. The van der Waals surface area contributed by atoms with Crippen LogP contribution in [-0.4, -0.2) is 59.0 Å². The molecule has 0 aromatic carbocycles. The molecule has 1 amide bonds. The zero-order valence-corrected chi connectivity index (χ0v) is 20.4. The Balaban J connectivity index is 1.41. The number of piperidine rings is 1. The molecule has 2 N–H and O–H groups in total. The number of aliphatic hydroxyl groups excluding tert-OH is 2. The number of carbonyl (C=O) groups excluding carboxylic acids is 1. The van der Waals surface area contributed by atoms with Gasteiger partial charge in [-0.3, -0.25) is 4.79 Å². The standard InChI is InChI=1S/C28H41NO4/c1-19-22(16-23(30)17-26(19)31)10-9-21-8-7-13-28(3)24(11-12-25(21)28)20(2)33-18-27(32)29-14-5-4-6-15-29/h9-11,20,23,25-26,30-31H,1,4-8,12-18H2,2-3H3/t20-,23+,25?,26-,28+/m0/s1. The van der Waals surface area contributed by atoms with Gasteiger partial charge in [-0.1, -0.05) is 37.3 Å². The number of aliphatic hydroxyl groups is 2. The molecule has 0 spiro atoms. The van der Waals surface area contributed by atoms with E-state index in [0.717, 1.165) is 62.8 Å². The largest absolute Gasteiger partial charge is 0.393 e. The molecule has 3 fully saturated rings. The van der Waals surface area contributed by atoms with Gasteiger partial charge in [0.15, 0.2) is 0 Å². The Kier molecular flexibility index (Phi) is 7.62. The highest BCUT2D eigenvalue weighted by molar-refractivity contribution is 5.77. The van der Waals surface area contributed by atoms with E-state index in [-0.39, 0.29) is 24.0 Å². The smallest absolute Gasteiger partial charge is 0.248 e. The molecule has 0 bridgehead atoms. The van der Waals surface area contributed by atoms with Crippen molar-refractivity contribution in [1.82, 2.24) is 4.90 Å². The lowest BCUT2D eigenvalue weighted by Gasteiger charge is -2.42. The Morgan fingerprint density at radius 3 is 2.79 bits per heavy atom. The molecule has 0 aromatic rings. The molecule has 5 heteroatoms. The fraction of sp³-hybridized carbons (Fsp3) is 0.679. The predicted molar refractivity (Wildman–Crippen MR) is 131 cm³/mol. The third kappa shape index (κ3) is 5.21. The van der Waals surface area contributed by atoms with Gasteiger partial charge in [0.2, 0.25) is 5.91 Å². The Morgan fingerprint density at radius 2 is 2.03 bits per heavy atom. The van der Waals surface area contributed by atoms with E-state index >= 15 is 0 Å². The van der Waals surface area contributed by atoms with Crippen molar-refractivity contribution in [2.45, 2.75) is 89.9 Å². The van der Waals surface area contributed by atoms with Crippen LogP contribution in [0.5, 0.6) is 0 Å². The van der Waals surface area contributed by atoms with Crippen molar-refractivity contribution in [2.24, 2.45) is 11.3 Å². The molecule has 0 radical (unpaired) electrons. The maximum absolute atomic E-state index is 12.6. The van der Waals surface area contributed by atoms with E-state index in [4.69, 9.17) is 4.74 Å². The van der Waals surface area contributed by atoms with Crippen molar-refractivity contribution in [2.75, 3.05) is 19.7 Å². The lowest BCUT2D eigenvalue weighted by Crippen LogP contribution is -2.39. The van der Waals surface area contributed by atoms with Gasteiger partial charge in [0.05, 0.1) is 18.3 Å². The van der Waals surface area contributed by atoms with Gasteiger partial charge in [0.1, 0.15) is 6.61 Å². The lowest BCUT2D eigenvalue weighted by molar-refractivity contribution is -0.138. The molecule has 0 aromatic heterocycles. The Hall–Kier alpha value is -1.69. The summed E-state index contributed by atoms with van der Waals surface area (Å²) in [6.45, 7) is 10.4. The van der Waals surface area contributed by atoms with Crippen molar-refractivity contribution >= 4 is 5.91 Å². The van der Waals surface area contributed by atoms with Crippen LogP contribution in [0.4, 0.5) is 0 Å². The molecule has 1 unspecified atom stereocenters. The van der Waals surface area contributed by atoms with Crippen LogP contribution in [0.25, 0.3) is 0 Å². The second kappa shape index (κ2) is 10.3. The van der Waals surface area contributed by atoms with Gasteiger partial charge in [-0.2, -0.15) is 0 Å². The third-order valence-electron chi connectivity index (χ3n) is 8.48. The zero-order valence-electron chi connectivity index (χ0n) is 20.4. The summed E-state index contributed by atoms with van der Waals surface area (Å²) in [7, 11) is 0. The summed E-state index contributed by atoms with van der Waals surface area (Å²) in [6.07, 6.45) is 14.1. The number of rotatable bonds is 5. The summed E-state index contributed by atoms with van der Waals surface area (Å²) >= 11 is 0. The van der Waals surface area contributed by atoms with Crippen LogP contribution in [0, 0.1) is 11.3 Å². The number of hydrogen-bond donors (Lipinski definition) is 2. The van der Waals surface area contributed by atoms with E-state index in [9.17, 15) is 15.0 Å². The summed E-state index contributed by atoms with van der Waals surface area (Å²) in [5, 5.41) is 20.2. The van der Waals surface area contributed by atoms with Crippen LogP contribution < -0.4 is 0 Å². The fourth-order valence-corrected chi connectivity index (χ4v) is 6.47. The van der Waals surface area contributed by atoms with E-state index in [1.807, 2.05) is 4.90 Å². The topological polar surface area (TPSA) is 70.0 Å². The molecule has 33 heavy (non-hydrogen) atoms. The van der Waals surface area contributed by atoms with Crippen LogP contribution in [-0.2, 0) is 9.53 Å². The van der Waals surface area contributed by atoms with E-state index in [1.165, 1.54) is 17.6 Å². The second-order valence-electron chi connectivity index (χ2n) is 10.7. The van der Waals surface area contributed by atoms with Crippen LogP contribution in [0.1, 0.15) is 71.6 Å². The normalized spacial score (nSPS) is 36.1. The van der Waals surface area contributed by atoms with Crippen molar-refractivity contribution in [3.8, 4) is 0 Å². The summed E-state index contributed by atoms with van der Waals surface area (Å²) in [5.41, 5.74) is 4.52. The Labute approximate surface area is 198 Å². The van der Waals surface area contributed by atoms with Crippen LogP contribution >= 0.6 is 0 Å². The van der Waals surface area contributed by atoms with Crippen molar-refractivity contribution in [3.05, 3.63) is 47.1 Å². The minimum atomic E-state index is -0.652. The molecule has 5 atom stereocenters. The summed E-state index contributed by atoms with van der Waals surface area (Å²) in [5.74, 6) is 0.559. The number of fused-ring (bicyclic) bond motifs is 1. The molecule has 1 heterocycles. The van der Waals surface area contributed by atoms with Gasteiger partial charge >= 0.3 is 0 Å². The van der Waals surface area contributed by atoms with Crippen molar-refractivity contribution in [1.29, 1.82) is 0 Å². The van der Waals surface area contributed by atoms with Crippen molar-refractivity contribution in [3.63, 3.8) is 0 Å². The molecule has 4 aliphatic rings. The molecule has 3 aliphatic carbocycles. The van der Waals surface area contributed by atoms with E-state index in [1.54, 1.807) is 0 Å². The molecule has 1 saturated heterocycles. The molecule has 182 valence electrons. The van der Waals surface area contributed by atoms with Crippen LogP contribution in [0.15, 0.2) is 47.1 Å². The van der Waals surface area contributed by atoms with Gasteiger partial charge in [-0.25, -0.2) is 0 Å². The number of likely N-dealkylation sites (tertiary alicyclic amines) is 1. The van der Waals surface area contributed by atoms with Gasteiger partial charge in [-0.15, -0.1) is 0 Å². The molecular formula is C28H41NO4. The second-order valence-corrected chi connectivity index (χ2v) is 10.7. The molecule has 1 aliphatic heterocycles. The first-order valence-corrected chi connectivity index (χ1v) is 12.8. The van der Waals surface area contributed by atoms with E-state index in [0.29, 0.717) is 18.8 Å². The predicted octanol–water partition coefficient (Wildman–Crippen LogP) is 4.47. The van der Waals surface area contributed by atoms with Gasteiger partial charge < -0.3 is 19.8 Å². The highest BCUT2D eigenvalue weighted by Gasteiger charge is 2.46. The molecular weight excluding hydrogens is 414 g/mol. The minimum Gasteiger partial charge on any atom is -0.393 e. The SMILES string of the molecule is C=C1C(=CC=C2CCC[C@]3(C)C([C@H](C)OCC(=O)N4CCCCC4)=CCC23)C[C@@H](O)C[C@@H]1O. The number of ether oxygens (including phenoxy) is 1. The Morgan fingerprint density at radius 1 is 1.27 bits per heavy atom. The fourth-order valence-electron chi connectivity index (χ4n) is 6.47. The van der Waals surface area contributed by atoms with E-state index in [2.05, 4.69) is 38.7 Å². The average Bonchev–Trinajstić information content (AvgIpc) is 3.16. The van der Waals surface area contributed by atoms with Gasteiger partial charge in [-0.05, 0) is 86.3 Å². The number of hydrogen-bond acceptors (Lipinski definition) is 4. The third-order valence-corrected chi connectivity index (χ3v) is 8.48. The quantitative estimate of drug-likeness (QED) is 0.601. The van der Waals surface area contributed by atoms with Gasteiger partial charge in [0.25, 0.3) is 0 Å². The average molecular weight is 456 g/mol. The zero-order chi connectivity index (χ0) is 23.6. The first-order valence-electron chi connectivity index (χ1n) is 12.8. The lowest BCUT2D eigenvalue weighted by atomic mass is 9.63. The Bertz CT molecular complexity index is 850. The van der Waals surface area contributed by atoms with Crippen LogP contribution in [0.2, 0.25) is 0 Å². The first kappa shape index (κ1) is 24.4. The molecule has 5 nitrogen and oxygen atoms in total. The van der Waals surface area contributed by atoms with Crippen molar-refractivity contribution < 1.29 is 19.7 Å². The van der Waals surface area contributed by atoms with E-state index < -0.39 is 12.2 Å². The summed E-state index contributed by atoms with van der Waals surface area (Å²) in [6, 6.07) is 0. The number of nitrogens with zero attached hydrogens (tertiary/aromatic N) is 1. The van der Waals surface area contributed by atoms with Gasteiger partial charge in [0, 0.05) is 19.5 Å².